The van der Waals surface area contributed by atoms with Crippen LogP contribution in [0.1, 0.15) is 0 Å². The first-order valence-corrected chi connectivity index (χ1v) is 3.45. The second kappa shape index (κ2) is 8.36. The Kier molecular flexibility index (Phi) is 11.6. The van der Waals surface area contributed by atoms with Crippen molar-refractivity contribution in [2.45, 2.75) is 0 Å². The smallest absolute Gasteiger partial charge is 1.00 e. The third-order valence-electron chi connectivity index (χ3n) is 0.470. The molecule has 0 rings (SSSR count). The fraction of sp³-hybridized carbons (Fsp3) is 0. The van der Waals surface area contributed by atoms with Crippen molar-refractivity contribution in [3.05, 3.63) is 24.3 Å². The molecule has 0 radical (unpaired) electrons. The van der Waals surface area contributed by atoms with E-state index in [0.717, 1.165) is 6.08 Å². The Morgan fingerprint density at radius 1 is 1.80 bits per heavy atom. The minimum Gasteiger partial charge on any atom is 1.00 e. The third-order valence-corrected chi connectivity index (χ3v) is 0.894. The van der Waals surface area contributed by atoms with Gasteiger partial charge in [0.1, 0.15) is 0 Å². The Morgan fingerprint density at radius 3 is 2.60 bits per heavy atom. The molecule has 4 heteroatoms. The molecule has 0 aliphatic heterocycles. The summed E-state index contributed by atoms with van der Waals surface area (Å²) in [7, 11) is 0. The van der Waals surface area contributed by atoms with Gasteiger partial charge in [-0.3, -0.25) is 0 Å². The molecule has 0 amide bonds. The number of halogens is 1. The summed E-state index contributed by atoms with van der Waals surface area (Å²) < 4.78 is 11.4. The Labute approximate surface area is 119 Å². The van der Waals surface area contributed by atoms with Crippen molar-refractivity contribution >= 4 is 4.15 Å². The number of hydrogen-bond acceptors (Lipinski definition) is 1. The van der Waals surface area contributed by atoms with E-state index in [2.05, 4.69) is 6.08 Å². The summed E-state index contributed by atoms with van der Waals surface area (Å²) >= 11 is 0.673. The maximum atomic E-state index is 11.8. The summed E-state index contributed by atoms with van der Waals surface area (Å²) in [6, 6.07) is 1.63. The summed E-state index contributed by atoms with van der Waals surface area (Å²) in [5.74, 6) is 0. The van der Waals surface area contributed by atoms with Crippen LogP contribution in [0.3, 0.4) is 0 Å². The molecule has 0 aromatic rings. The molecule has 0 aliphatic carbocycles. The first-order valence-electron chi connectivity index (χ1n) is 1.98. The zero-order valence-electron chi connectivity index (χ0n) is 5.39. The fourth-order valence-electron chi connectivity index (χ4n) is 0.167. The van der Waals surface area contributed by atoms with Gasteiger partial charge < -0.3 is 0 Å². The van der Waals surface area contributed by atoms with Crippen LogP contribution in [0.15, 0.2) is 11.6 Å². The normalized spacial score (nSPS) is 8.00. The van der Waals surface area contributed by atoms with Gasteiger partial charge in [-0.15, -0.1) is 0 Å². The van der Waals surface area contributed by atoms with Crippen LogP contribution in [0.25, 0.3) is 0 Å². The number of nitriles is 1. The largest absolute Gasteiger partial charge is 1.00 e. The Morgan fingerprint density at radius 2 is 2.30 bits per heavy atom. The van der Waals surface area contributed by atoms with Crippen LogP contribution in [-0.4, -0.2) is 4.15 Å². The van der Waals surface area contributed by atoms with Gasteiger partial charge in [-0.25, -0.2) is 0 Å². The average molecular weight is 376 g/mol. The number of rotatable bonds is 2. The molecule has 0 aromatic carbocycles. The van der Waals surface area contributed by atoms with Crippen LogP contribution in [0.4, 0.5) is 4.39 Å². The molecule has 0 unspecified atom stereocenters. The number of hydrogen-bond donors (Lipinski definition) is 0. The molecule has 0 saturated heterocycles. The summed E-state index contributed by atoms with van der Waals surface area (Å²) in [6.07, 6.45) is 3.29. The molecule has 46 valence electrons. The minimum atomic E-state index is -0.409. The number of allylic oxidation sites excluding steroid dienone is 3. The van der Waals surface area contributed by atoms with Gasteiger partial charge in [0.2, 0.25) is 0 Å². The maximum absolute atomic E-state index is 11.8. The topological polar surface area (TPSA) is 23.8 Å². The van der Waals surface area contributed by atoms with Crippen molar-refractivity contribution in [3.8, 4) is 6.07 Å². The molecule has 0 N–H and O–H groups in total. The van der Waals surface area contributed by atoms with Crippen molar-refractivity contribution in [2.24, 2.45) is 0 Å². The second-order valence-corrected chi connectivity index (χ2v) is 2.42. The van der Waals surface area contributed by atoms with Gasteiger partial charge in [0.25, 0.3) is 0 Å². The van der Waals surface area contributed by atoms with Gasteiger partial charge in [-0.1, -0.05) is 0 Å². The Bertz CT molecular complexity index is 204. The summed E-state index contributed by atoms with van der Waals surface area (Å²) in [5.41, 5.74) is -0.0357. The Balaban J connectivity index is 0. The van der Waals surface area contributed by atoms with Crippen LogP contribution >= 0.6 is 0 Å². The van der Waals surface area contributed by atoms with E-state index in [1.54, 1.807) is 6.07 Å². The van der Waals surface area contributed by atoms with E-state index in [-0.39, 0.29) is 63.8 Å². The van der Waals surface area contributed by atoms with Gasteiger partial charge in [-0.2, -0.15) is 0 Å². The van der Waals surface area contributed by atoms with Gasteiger partial charge in [-0.05, 0) is 0 Å². The molecular formula is C6H2FNRbW-. The molecule has 0 bridgehead atoms. The second-order valence-electron chi connectivity index (χ2n) is 1.13. The van der Waals surface area contributed by atoms with Gasteiger partial charge in [0.15, 0.2) is 0 Å². The standard InChI is InChI=1S/C6H2FN.Rb.W/c1-6(5-8)3-2-4-7;;/h1,3H;;/q-2;+1;. The average Bonchev–Trinajstić information content (AvgIpc) is 1.83. The minimum absolute atomic E-state index is 0. The maximum Gasteiger partial charge on any atom is 1.00 e. The molecule has 0 aliphatic rings. The summed E-state index contributed by atoms with van der Waals surface area (Å²) in [6.45, 7) is 4.99. The molecule has 0 atom stereocenters. The molecule has 0 heterocycles. The predicted octanol–water partition coefficient (Wildman–Crippen LogP) is -2.12. The van der Waals surface area contributed by atoms with E-state index in [1.807, 2.05) is 0 Å². The summed E-state index contributed by atoms with van der Waals surface area (Å²) in [4.78, 5) is 0. The van der Waals surface area contributed by atoms with E-state index < -0.39 is 4.15 Å². The first-order chi connectivity index (χ1) is 4.16. The van der Waals surface area contributed by atoms with Gasteiger partial charge >= 0.3 is 122 Å². The van der Waals surface area contributed by atoms with Gasteiger partial charge in [0, 0.05) is 0 Å². The molecule has 1 nitrogen and oxygen atoms in total. The third kappa shape index (κ3) is 9.26. The van der Waals surface area contributed by atoms with E-state index in [1.165, 1.54) is 0 Å². The van der Waals surface area contributed by atoms with E-state index in [0.29, 0.717) is 19.4 Å². The monoisotopic (exact) mass is 376 g/mol. The zero-order chi connectivity index (χ0) is 7.28. The van der Waals surface area contributed by atoms with Crippen LogP contribution in [0, 0.1) is 24.0 Å². The van der Waals surface area contributed by atoms with Gasteiger partial charge in [0.05, 0.1) is 0 Å². The van der Waals surface area contributed by atoms with Crippen molar-refractivity contribution in [3.63, 3.8) is 0 Å². The molecule has 0 spiro atoms. The predicted molar refractivity (Wildman–Crippen MR) is 27.4 cm³/mol. The van der Waals surface area contributed by atoms with E-state index >= 15 is 0 Å². The van der Waals surface area contributed by atoms with E-state index in [4.69, 9.17) is 11.8 Å². The van der Waals surface area contributed by atoms with Crippen LogP contribution in [-0.2, 0) is 19.4 Å². The molecule has 10 heavy (non-hydrogen) atoms. The molecule has 0 fully saturated rings. The summed E-state index contributed by atoms with van der Waals surface area (Å²) in [5, 5.41) is 8.04. The van der Waals surface area contributed by atoms with Crippen molar-refractivity contribution < 1.29 is 81.9 Å². The Hall–Kier alpha value is 1.26. The first kappa shape index (κ1) is 13.8. The van der Waals surface area contributed by atoms with Crippen molar-refractivity contribution in [1.29, 1.82) is 5.26 Å². The van der Waals surface area contributed by atoms with Crippen LogP contribution < -0.4 is 58.2 Å². The van der Waals surface area contributed by atoms with Crippen molar-refractivity contribution in [2.75, 3.05) is 0 Å². The molecular weight excluding hydrogens is 374 g/mol. The zero-order valence-corrected chi connectivity index (χ0v) is 13.2. The molecule has 0 aromatic heterocycles. The van der Waals surface area contributed by atoms with Crippen molar-refractivity contribution in [1.82, 2.24) is 0 Å². The molecule has 0 saturated carbocycles. The SMILES string of the molecule is [CH-]=C(C#N)C=[C-][C](F)=[W].[Rb+]. The quantitative estimate of drug-likeness (QED) is 0.307. The number of nitrogens with zero attached hydrogens (tertiary/aromatic N) is 1. The van der Waals surface area contributed by atoms with Crippen LogP contribution in [0.2, 0.25) is 0 Å². The fourth-order valence-corrected chi connectivity index (χ4v) is 0.378. The van der Waals surface area contributed by atoms with Crippen LogP contribution in [0.5, 0.6) is 0 Å². The van der Waals surface area contributed by atoms with E-state index in [9.17, 15) is 4.39 Å².